The molecule has 0 atom stereocenters. The summed E-state index contributed by atoms with van der Waals surface area (Å²) in [4.78, 5) is 3.81. The number of hydrogen-bond acceptors (Lipinski definition) is 2. The molecule has 1 N–H and O–H groups in total. The Bertz CT molecular complexity index is 189. The molecule has 0 rings (SSSR count). The van der Waals surface area contributed by atoms with Crippen LogP contribution in [0.5, 0.6) is 0 Å². The molecule has 0 saturated heterocycles. The SMILES string of the molecule is CN=C(C)/C=C(/C)O.[Cl][Nb]([Cl])([Cl])[Cl]. The number of aliphatic hydroxyl groups is 1. The molecule has 0 fully saturated rings. The molecule has 0 aromatic carbocycles. The molecular formula is C6H11Cl4NNbO. The quantitative estimate of drug-likeness (QED) is 0.428. The first kappa shape index (κ1) is 16.5. The standard InChI is InChI=1S/C6H11NO.4ClH.Nb/c1-5(7-3)4-6(2)8;;;;;/h4,8H,1-3H3;4*1H;/q;;;;;+4/p-4/b6-4-,7-5?;;;;;. The molecule has 0 unspecified atom stereocenters. The van der Waals surface area contributed by atoms with Crippen LogP contribution in [0.2, 0.25) is 0 Å². The minimum absolute atomic E-state index is 0.299. The van der Waals surface area contributed by atoms with Gasteiger partial charge in [0.05, 0.1) is 5.76 Å². The molecule has 0 aliphatic carbocycles. The van der Waals surface area contributed by atoms with Crippen LogP contribution in [0.25, 0.3) is 0 Å². The molecular weight excluding hydrogens is 337 g/mol. The van der Waals surface area contributed by atoms with E-state index < -0.39 is 12.8 Å². The third-order valence-corrected chi connectivity index (χ3v) is 0.770. The van der Waals surface area contributed by atoms with Gasteiger partial charge in [0.2, 0.25) is 0 Å². The van der Waals surface area contributed by atoms with Gasteiger partial charge in [-0.3, -0.25) is 4.99 Å². The van der Waals surface area contributed by atoms with Crippen LogP contribution in [0, 0.1) is 0 Å². The number of nitrogens with zero attached hydrogens (tertiary/aromatic N) is 1. The molecule has 2 nitrogen and oxygen atoms in total. The van der Waals surface area contributed by atoms with Crippen LogP contribution in [0.1, 0.15) is 13.8 Å². The van der Waals surface area contributed by atoms with Crippen molar-refractivity contribution in [2.75, 3.05) is 7.05 Å². The molecule has 0 aliphatic heterocycles. The number of rotatable bonds is 1. The van der Waals surface area contributed by atoms with E-state index >= 15 is 0 Å². The summed E-state index contributed by atoms with van der Waals surface area (Å²) in [5.74, 6) is 0.299. The van der Waals surface area contributed by atoms with E-state index in [1.165, 1.54) is 0 Å². The van der Waals surface area contributed by atoms with Crippen LogP contribution in [0.15, 0.2) is 16.8 Å². The zero-order valence-corrected chi connectivity index (χ0v) is 12.7. The Morgan fingerprint density at radius 3 is 1.62 bits per heavy atom. The molecule has 79 valence electrons. The fourth-order valence-electron chi connectivity index (χ4n) is 0.367. The Balaban J connectivity index is 0. The maximum absolute atomic E-state index is 8.63. The van der Waals surface area contributed by atoms with Gasteiger partial charge in [0.25, 0.3) is 0 Å². The molecule has 0 heterocycles. The summed E-state index contributed by atoms with van der Waals surface area (Å²) < 4.78 is 0. The van der Waals surface area contributed by atoms with E-state index in [9.17, 15) is 0 Å². The molecule has 0 aromatic heterocycles. The normalized spacial score (nSPS) is 13.5. The number of halogens is 4. The molecule has 0 aliphatic rings. The molecule has 13 heavy (non-hydrogen) atoms. The summed E-state index contributed by atoms with van der Waals surface area (Å²) in [6.07, 6.45) is 1.61. The minimum atomic E-state index is -3.21. The first-order valence-electron chi connectivity index (χ1n) is 3.15. The van der Waals surface area contributed by atoms with Gasteiger partial charge in [0, 0.05) is 12.8 Å². The van der Waals surface area contributed by atoms with Crippen LogP contribution >= 0.6 is 36.8 Å². The third kappa shape index (κ3) is 32.0. The Morgan fingerprint density at radius 1 is 1.23 bits per heavy atom. The van der Waals surface area contributed by atoms with E-state index in [2.05, 4.69) is 4.99 Å². The molecule has 0 spiro atoms. The fraction of sp³-hybridized carbons (Fsp3) is 0.500. The molecule has 0 radical (unpaired) electrons. The zero-order valence-electron chi connectivity index (χ0n) is 7.43. The van der Waals surface area contributed by atoms with E-state index in [4.69, 9.17) is 41.9 Å². The third-order valence-electron chi connectivity index (χ3n) is 0.770. The first-order valence-corrected chi connectivity index (χ1v) is 14.5. The van der Waals surface area contributed by atoms with Crippen molar-refractivity contribution >= 4 is 42.5 Å². The van der Waals surface area contributed by atoms with E-state index in [0.29, 0.717) is 5.76 Å². The Morgan fingerprint density at radius 2 is 1.54 bits per heavy atom. The van der Waals surface area contributed by atoms with Crippen molar-refractivity contribution < 1.29 is 17.9 Å². The summed E-state index contributed by atoms with van der Waals surface area (Å²) in [7, 11) is 21.8. The molecule has 0 saturated carbocycles. The molecule has 0 amide bonds. The Labute approximate surface area is 97.4 Å². The van der Waals surface area contributed by atoms with Crippen molar-refractivity contribution in [3.8, 4) is 0 Å². The van der Waals surface area contributed by atoms with Gasteiger partial charge in [0.15, 0.2) is 0 Å². The average Bonchev–Trinajstić information content (AvgIpc) is 1.82. The maximum atomic E-state index is 8.63. The second-order valence-corrected chi connectivity index (χ2v) is 22.1. The topological polar surface area (TPSA) is 32.6 Å². The van der Waals surface area contributed by atoms with Gasteiger partial charge < -0.3 is 5.11 Å². The number of allylic oxidation sites excluding steroid dienone is 2. The van der Waals surface area contributed by atoms with Gasteiger partial charge in [0.1, 0.15) is 0 Å². The number of aliphatic hydroxyl groups excluding tert-OH is 1. The predicted molar refractivity (Wildman–Crippen MR) is 58.8 cm³/mol. The molecule has 0 bridgehead atoms. The van der Waals surface area contributed by atoms with Crippen LogP contribution in [0.3, 0.4) is 0 Å². The number of hydrogen-bond donors (Lipinski definition) is 1. The van der Waals surface area contributed by atoms with Gasteiger partial charge in [-0.25, -0.2) is 0 Å². The van der Waals surface area contributed by atoms with Crippen LogP contribution in [-0.2, 0) is 12.8 Å². The van der Waals surface area contributed by atoms with Crippen molar-refractivity contribution in [1.82, 2.24) is 0 Å². The molecule has 7 heteroatoms. The van der Waals surface area contributed by atoms with Crippen molar-refractivity contribution in [1.29, 1.82) is 0 Å². The second kappa shape index (κ2) is 8.42. The first-order chi connectivity index (χ1) is 5.66. The van der Waals surface area contributed by atoms with Gasteiger partial charge in [-0.15, -0.1) is 0 Å². The average molecular weight is 348 g/mol. The van der Waals surface area contributed by atoms with Gasteiger partial charge in [-0.1, -0.05) is 0 Å². The van der Waals surface area contributed by atoms with E-state index in [1.54, 1.807) is 20.0 Å². The van der Waals surface area contributed by atoms with Crippen molar-refractivity contribution in [2.45, 2.75) is 13.8 Å². The van der Waals surface area contributed by atoms with Crippen molar-refractivity contribution in [2.24, 2.45) is 4.99 Å². The van der Waals surface area contributed by atoms with Crippen LogP contribution < -0.4 is 0 Å². The predicted octanol–water partition coefficient (Wildman–Crippen LogP) is 4.29. The number of aliphatic imine (C=N–C) groups is 1. The summed E-state index contributed by atoms with van der Waals surface area (Å²) in [5.41, 5.74) is 0.838. The van der Waals surface area contributed by atoms with Crippen LogP contribution in [0.4, 0.5) is 0 Å². The Kier molecular flexibility index (Phi) is 10.7. The fourth-order valence-corrected chi connectivity index (χ4v) is 0.367. The summed E-state index contributed by atoms with van der Waals surface area (Å²) in [5, 5.41) is 8.63. The summed E-state index contributed by atoms with van der Waals surface area (Å²) in [6.45, 7) is 3.45. The Hall–Kier alpha value is 1.11. The summed E-state index contributed by atoms with van der Waals surface area (Å²) in [6, 6.07) is 0. The second-order valence-electron chi connectivity index (χ2n) is 2.03. The van der Waals surface area contributed by atoms with E-state index in [-0.39, 0.29) is 0 Å². The van der Waals surface area contributed by atoms with Gasteiger partial charge in [-0.2, -0.15) is 0 Å². The van der Waals surface area contributed by atoms with Gasteiger partial charge in [-0.05, 0) is 19.9 Å². The van der Waals surface area contributed by atoms with Crippen molar-refractivity contribution in [3.63, 3.8) is 0 Å². The van der Waals surface area contributed by atoms with Crippen molar-refractivity contribution in [3.05, 3.63) is 11.8 Å². The van der Waals surface area contributed by atoms with E-state index in [0.717, 1.165) is 5.71 Å². The monoisotopic (exact) mass is 346 g/mol. The summed E-state index contributed by atoms with van der Waals surface area (Å²) >= 11 is -3.21. The van der Waals surface area contributed by atoms with Crippen LogP contribution in [-0.4, -0.2) is 17.9 Å². The zero-order chi connectivity index (χ0) is 11.1. The van der Waals surface area contributed by atoms with E-state index in [1.807, 2.05) is 6.92 Å². The van der Waals surface area contributed by atoms with Gasteiger partial charge >= 0.3 is 49.6 Å². The molecule has 0 aromatic rings.